The molecule has 0 amide bonds. The number of aryl methyl sites for hydroxylation is 1. The van der Waals surface area contributed by atoms with Gasteiger partial charge in [-0.1, -0.05) is 49.7 Å². The van der Waals surface area contributed by atoms with Crippen LogP contribution in [0.1, 0.15) is 30.8 Å². The van der Waals surface area contributed by atoms with Crippen LogP contribution in [0, 0.1) is 12.8 Å². The maximum Gasteiger partial charge on any atom is 0.262 e. The molecule has 0 aliphatic heterocycles. The molecule has 0 saturated carbocycles. The molecule has 0 aliphatic carbocycles. The number of benzene rings is 2. The van der Waals surface area contributed by atoms with Crippen molar-refractivity contribution in [2.75, 3.05) is 18.8 Å². The maximum atomic E-state index is 13.2. The minimum atomic E-state index is -3.82. The fourth-order valence-electron chi connectivity index (χ4n) is 3.63. The minimum Gasteiger partial charge on any atom is -0.305 e. The Morgan fingerprint density at radius 1 is 1.16 bits per heavy atom. The van der Waals surface area contributed by atoms with Crippen molar-refractivity contribution in [1.82, 2.24) is 14.7 Å². The molecule has 3 aromatic rings. The predicted octanol–water partition coefficient (Wildman–Crippen LogP) is 5.11. The first-order chi connectivity index (χ1) is 15.0. The van der Waals surface area contributed by atoms with Crippen molar-refractivity contribution in [1.29, 1.82) is 0 Å². The molecule has 0 spiro atoms. The summed E-state index contributed by atoms with van der Waals surface area (Å²) in [4.78, 5) is 2.21. The standard InChI is InChI=1S/C24H31ClN4O2S/c1-16(2)12-23-24(17(3)29(6)26-23)27-32(30,31)20-10-11-21(22(25)14-20)19-9-7-8-18(13-19)15-28(4)5/h7-11,13-14,16,27H,12,15H2,1-6H3. The van der Waals surface area contributed by atoms with Gasteiger partial charge in [-0.3, -0.25) is 9.40 Å². The van der Waals surface area contributed by atoms with E-state index in [1.54, 1.807) is 16.8 Å². The fraction of sp³-hybridized carbons (Fsp3) is 0.375. The molecule has 0 unspecified atom stereocenters. The Hall–Kier alpha value is -2.35. The lowest BCUT2D eigenvalue weighted by Gasteiger charge is -2.13. The number of rotatable bonds is 8. The molecule has 2 aromatic carbocycles. The van der Waals surface area contributed by atoms with Gasteiger partial charge in [0.25, 0.3) is 10.0 Å². The van der Waals surface area contributed by atoms with E-state index >= 15 is 0 Å². The monoisotopic (exact) mass is 474 g/mol. The smallest absolute Gasteiger partial charge is 0.262 e. The van der Waals surface area contributed by atoms with Crippen molar-refractivity contribution in [2.45, 2.75) is 38.6 Å². The Morgan fingerprint density at radius 2 is 1.88 bits per heavy atom. The van der Waals surface area contributed by atoms with Crippen molar-refractivity contribution in [3.63, 3.8) is 0 Å². The highest BCUT2D eigenvalue weighted by Crippen LogP contribution is 2.32. The summed E-state index contributed by atoms with van der Waals surface area (Å²) >= 11 is 6.55. The molecule has 3 rings (SSSR count). The van der Waals surface area contributed by atoms with Crippen LogP contribution in [-0.2, 0) is 30.0 Å². The molecule has 6 nitrogen and oxygen atoms in total. The molecule has 1 N–H and O–H groups in total. The van der Waals surface area contributed by atoms with E-state index in [4.69, 9.17) is 11.6 Å². The zero-order chi connectivity index (χ0) is 23.6. The second-order valence-corrected chi connectivity index (χ2v) is 10.9. The van der Waals surface area contributed by atoms with Gasteiger partial charge in [0.2, 0.25) is 0 Å². The van der Waals surface area contributed by atoms with Crippen molar-refractivity contribution >= 4 is 27.3 Å². The lowest BCUT2D eigenvalue weighted by Crippen LogP contribution is -2.15. The number of hydrogen-bond acceptors (Lipinski definition) is 4. The van der Waals surface area contributed by atoms with E-state index in [0.717, 1.165) is 34.6 Å². The predicted molar refractivity (Wildman–Crippen MR) is 132 cm³/mol. The summed E-state index contributed by atoms with van der Waals surface area (Å²) in [5.41, 5.74) is 4.95. The van der Waals surface area contributed by atoms with Gasteiger partial charge >= 0.3 is 0 Å². The van der Waals surface area contributed by atoms with Crippen LogP contribution >= 0.6 is 11.6 Å². The molecule has 1 heterocycles. The van der Waals surface area contributed by atoms with Gasteiger partial charge in [-0.15, -0.1) is 0 Å². The number of nitrogens with zero attached hydrogens (tertiary/aromatic N) is 3. The molecule has 1 aromatic heterocycles. The van der Waals surface area contributed by atoms with E-state index in [2.05, 4.69) is 40.7 Å². The van der Waals surface area contributed by atoms with Gasteiger partial charge in [0.1, 0.15) is 0 Å². The third-order valence-electron chi connectivity index (χ3n) is 5.23. The van der Waals surface area contributed by atoms with Gasteiger partial charge in [-0.05, 0) is 62.7 Å². The second-order valence-electron chi connectivity index (χ2n) is 8.81. The summed E-state index contributed by atoms with van der Waals surface area (Å²) in [6.45, 7) is 6.82. The van der Waals surface area contributed by atoms with E-state index in [1.165, 1.54) is 6.07 Å². The van der Waals surface area contributed by atoms with Gasteiger partial charge < -0.3 is 4.90 Å². The molecular formula is C24H31ClN4O2S. The van der Waals surface area contributed by atoms with Crippen LogP contribution in [0.3, 0.4) is 0 Å². The van der Waals surface area contributed by atoms with Crippen molar-refractivity contribution in [3.8, 4) is 11.1 Å². The third kappa shape index (κ3) is 5.52. The van der Waals surface area contributed by atoms with Crippen molar-refractivity contribution in [3.05, 3.63) is 64.4 Å². The first-order valence-electron chi connectivity index (χ1n) is 10.6. The van der Waals surface area contributed by atoms with Crippen LogP contribution in [0.25, 0.3) is 11.1 Å². The van der Waals surface area contributed by atoms with Crippen LogP contribution in [-0.4, -0.2) is 37.2 Å². The Bertz CT molecular complexity index is 1220. The number of sulfonamides is 1. The van der Waals surface area contributed by atoms with E-state index in [-0.39, 0.29) is 4.90 Å². The molecule has 0 aliphatic rings. The molecule has 8 heteroatoms. The summed E-state index contributed by atoms with van der Waals surface area (Å²) in [7, 11) is 2.03. The zero-order valence-electron chi connectivity index (χ0n) is 19.5. The van der Waals surface area contributed by atoms with E-state index in [0.29, 0.717) is 23.0 Å². The topological polar surface area (TPSA) is 67.2 Å². The molecule has 32 heavy (non-hydrogen) atoms. The van der Waals surface area contributed by atoms with Crippen molar-refractivity contribution in [2.24, 2.45) is 13.0 Å². The first-order valence-corrected chi connectivity index (χ1v) is 12.4. The number of nitrogens with one attached hydrogen (secondary N) is 1. The van der Waals surface area contributed by atoms with Gasteiger partial charge in [-0.25, -0.2) is 8.42 Å². The van der Waals surface area contributed by atoms with Crippen molar-refractivity contribution < 1.29 is 8.42 Å². The lowest BCUT2D eigenvalue weighted by molar-refractivity contribution is 0.402. The maximum absolute atomic E-state index is 13.2. The molecule has 0 bridgehead atoms. The number of halogens is 1. The summed E-state index contributed by atoms with van der Waals surface area (Å²) in [5, 5.41) is 4.88. The number of aromatic nitrogens is 2. The van der Waals surface area contributed by atoms with Crippen LogP contribution in [0.15, 0.2) is 47.4 Å². The average Bonchev–Trinajstić information content (AvgIpc) is 2.94. The Balaban J connectivity index is 1.92. The molecule has 0 atom stereocenters. The summed E-state index contributed by atoms with van der Waals surface area (Å²) in [6, 6.07) is 13.0. The average molecular weight is 475 g/mol. The van der Waals surface area contributed by atoms with Crippen LogP contribution < -0.4 is 4.72 Å². The third-order valence-corrected chi connectivity index (χ3v) is 6.89. The normalized spacial score (nSPS) is 12.0. The quantitative estimate of drug-likeness (QED) is 0.492. The van der Waals surface area contributed by atoms with Gasteiger partial charge in [-0.2, -0.15) is 5.10 Å². The van der Waals surface area contributed by atoms with Crippen LogP contribution in [0.4, 0.5) is 5.69 Å². The van der Waals surface area contributed by atoms with Gasteiger partial charge in [0.05, 0.1) is 22.0 Å². The number of hydrogen-bond donors (Lipinski definition) is 1. The Morgan fingerprint density at radius 3 is 2.50 bits per heavy atom. The van der Waals surface area contributed by atoms with E-state index in [1.807, 2.05) is 40.2 Å². The fourth-order valence-corrected chi connectivity index (χ4v) is 5.16. The largest absolute Gasteiger partial charge is 0.305 e. The molecular weight excluding hydrogens is 444 g/mol. The highest BCUT2D eigenvalue weighted by atomic mass is 35.5. The Labute approximate surface area is 196 Å². The van der Waals surface area contributed by atoms with Crippen LogP contribution in [0.5, 0.6) is 0 Å². The molecule has 0 fully saturated rings. The molecule has 0 radical (unpaired) electrons. The van der Waals surface area contributed by atoms with Gasteiger partial charge in [0, 0.05) is 24.2 Å². The minimum absolute atomic E-state index is 0.120. The highest BCUT2D eigenvalue weighted by Gasteiger charge is 2.22. The first kappa shape index (κ1) is 24.3. The number of anilines is 1. The second kappa shape index (κ2) is 9.65. The van der Waals surface area contributed by atoms with E-state index < -0.39 is 10.0 Å². The zero-order valence-corrected chi connectivity index (χ0v) is 21.0. The molecule has 172 valence electrons. The van der Waals surface area contributed by atoms with E-state index in [9.17, 15) is 8.42 Å². The van der Waals surface area contributed by atoms with Crippen LogP contribution in [0.2, 0.25) is 5.02 Å². The summed E-state index contributed by atoms with van der Waals surface area (Å²) < 4.78 is 30.8. The summed E-state index contributed by atoms with van der Waals surface area (Å²) in [6.07, 6.45) is 0.683. The SMILES string of the molecule is Cc1c(NS(=O)(=O)c2ccc(-c3cccc(CN(C)C)c3)c(Cl)c2)c(CC(C)C)nn1C. The Kier molecular flexibility index (Phi) is 7.32. The van der Waals surface area contributed by atoms with Gasteiger partial charge in [0.15, 0.2) is 0 Å². The highest BCUT2D eigenvalue weighted by molar-refractivity contribution is 7.92. The molecule has 0 saturated heterocycles. The summed E-state index contributed by atoms with van der Waals surface area (Å²) in [5.74, 6) is 0.351. The lowest BCUT2D eigenvalue weighted by atomic mass is 10.0.